The zero-order valence-electron chi connectivity index (χ0n) is 14.9. The van der Waals surface area contributed by atoms with Crippen molar-refractivity contribution in [2.24, 2.45) is 10.1 Å². The van der Waals surface area contributed by atoms with Gasteiger partial charge in [-0.25, -0.2) is 0 Å². The van der Waals surface area contributed by atoms with Crippen LogP contribution in [-0.2, 0) is 0 Å². The van der Waals surface area contributed by atoms with Gasteiger partial charge in [-0.3, -0.25) is 9.78 Å². The molecule has 1 amide bonds. The predicted octanol–water partition coefficient (Wildman–Crippen LogP) is 2.67. The number of hydrogen-bond acceptors (Lipinski definition) is 7. The van der Waals surface area contributed by atoms with Crippen LogP contribution in [0.1, 0.15) is 35.3 Å². The molecule has 0 aliphatic carbocycles. The molecule has 26 heavy (non-hydrogen) atoms. The van der Waals surface area contributed by atoms with Crippen LogP contribution in [0.15, 0.2) is 41.1 Å². The highest BCUT2D eigenvalue weighted by Crippen LogP contribution is 2.32. The number of fused-ring (bicyclic) bond motifs is 1. The van der Waals surface area contributed by atoms with E-state index in [1.165, 1.54) is 12.1 Å². The van der Waals surface area contributed by atoms with Crippen LogP contribution in [0.2, 0.25) is 0 Å². The highest BCUT2D eigenvalue weighted by atomic mass is 32.2. The SMILES string of the molecule is Cc1cnccc1C(=O)NC(C)(C)COc1cccc2c1C(N)=NSN2. The van der Waals surface area contributed by atoms with Gasteiger partial charge in [-0.1, -0.05) is 6.07 Å². The van der Waals surface area contributed by atoms with Crippen LogP contribution in [0.4, 0.5) is 5.69 Å². The van der Waals surface area contributed by atoms with Gasteiger partial charge < -0.3 is 20.5 Å². The smallest absolute Gasteiger partial charge is 0.252 e. The van der Waals surface area contributed by atoms with E-state index in [0.717, 1.165) is 16.8 Å². The molecule has 0 saturated heterocycles. The van der Waals surface area contributed by atoms with E-state index in [-0.39, 0.29) is 12.5 Å². The number of pyridine rings is 1. The number of carbonyl (C=O) groups excluding carboxylic acids is 1. The summed E-state index contributed by atoms with van der Waals surface area (Å²) >= 11 is 1.18. The Morgan fingerprint density at radius 1 is 1.38 bits per heavy atom. The van der Waals surface area contributed by atoms with Crippen molar-refractivity contribution < 1.29 is 9.53 Å². The van der Waals surface area contributed by atoms with Gasteiger partial charge in [-0.15, -0.1) is 0 Å². The standard InChI is InChI=1S/C18H21N5O2S/c1-11-9-20-8-7-12(11)17(24)21-18(2,3)10-25-14-6-4-5-13-15(14)16(19)23-26-22-13/h4-9,22H,10H2,1-3H3,(H2,19,23)(H,21,24). The fourth-order valence-corrected chi connectivity index (χ4v) is 3.07. The Labute approximate surface area is 156 Å². The van der Waals surface area contributed by atoms with Gasteiger partial charge in [0.05, 0.1) is 28.9 Å². The lowest BCUT2D eigenvalue weighted by atomic mass is 10.0. The second kappa shape index (κ2) is 7.25. The van der Waals surface area contributed by atoms with E-state index in [2.05, 4.69) is 19.4 Å². The van der Waals surface area contributed by atoms with Crippen LogP contribution in [0.5, 0.6) is 5.75 Å². The third-order valence-electron chi connectivity index (χ3n) is 3.89. The van der Waals surface area contributed by atoms with E-state index in [0.29, 0.717) is 17.1 Å². The summed E-state index contributed by atoms with van der Waals surface area (Å²) in [6.07, 6.45) is 3.27. The van der Waals surface area contributed by atoms with Crippen molar-refractivity contribution in [3.63, 3.8) is 0 Å². The number of ether oxygens (including phenoxy) is 1. The average molecular weight is 371 g/mol. The largest absolute Gasteiger partial charge is 0.490 e. The van der Waals surface area contributed by atoms with E-state index in [1.54, 1.807) is 18.5 Å². The molecular formula is C18H21N5O2S. The molecule has 0 bridgehead atoms. The van der Waals surface area contributed by atoms with Crippen molar-refractivity contribution in [2.45, 2.75) is 26.3 Å². The van der Waals surface area contributed by atoms with Crippen molar-refractivity contribution in [3.8, 4) is 5.75 Å². The molecule has 0 fully saturated rings. The summed E-state index contributed by atoms with van der Waals surface area (Å²) in [5.41, 5.74) is 8.42. The van der Waals surface area contributed by atoms with E-state index >= 15 is 0 Å². The monoisotopic (exact) mass is 371 g/mol. The second-order valence-corrected chi connectivity index (χ2v) is 7.24. The number of carbonyl (C=O) groups is 1. The minimum absolute atomic E-state index is 0.160. The molecule has 4 N–H and O–H groups in total. The van der Waals surface area contributed by atoms with E-state index < -0.39 is 5.54 Å². The Kier molecular flexibility index (Phi) is 5.03. The highest BCUT2D eigenvalue weighted by molar-refractivity contribution is 7.99. The Balaban J connectivity index is 1.71. The van der Waals surface area contributed by atoms with E-state index in [9.17, 15) is 4.79 Å². The second-order valence-electron chi connectivity index (χ2n) is 6.67. The zero-order valence-corrected chi connectivity index (χ0v) is 15.7. The molecule has 7 nitrogen and oxygen atoms in total. The molecule has 3 rings (SSSR count). The Morgan fingerprint density at radius 2 is 2.19 bits per heavy atom. The van der Waals surface area contributed by atoms with Crippen LogP contribution in [0.3, 0.4) is 0 Å². The number of rotatable bonds is 5. The molecule has 2 heterocycles. The summed E-state index contributed by atoms with van der Waals surface area (Å²) in [5, 5.41) is 3.00. The molecule has 1 aromatic heterocycles. The van der Waals surface area contributed by atoms with Crippen LogP contribution in [0, 0.1) is 6.92 Å². The summed E-state index contributed by atoms with van der Waals surface area (Å²) in [7, 11) is 0. The number of nitrogens with one attached hydrogen (secondary N) is 2. The molecule has 0 atom stereocenters. The van der Waals surface area contributed by atoms with E-state index in [1.807, 2.05) is 39.0 Å². The normalized spacial score (nSPS) is 13.3. The summed E-state index contributed by atoms with van der Waals surface area (Å²) in [6, 6.07) is 7.33. The van der Waals surface area contributed by atoms with Crippen molar-refractivity contribution >= 4 is 29.6 Å². The van der Waals surface area contributed by atoms with Gasteiger partial charge in [0.15, 0.2) is 0 Å². The van der Waals surface area contributed by atoms with Crippen LogP contribution < -0.4 is 20.5 Å². The Hall–Kier alpha value is -2.74. The summed E-state index contributed by atoms with van der Waals surface area (Å²) < 4.78 is 13.2. The number of nitrogens with zero attached hydrogens (tertiary/aromatic N) is 2. The third kappa shape index (κ3) is 3.91. The number of hydrogen-bond donors (Lipinski definition) is 3. The van der Waals surface area contributed by atoms with Crippen molar-refractivity contribution in [3.05, 3.63) is 53.3 Å². The lowest BCUT2D eigenvalue weighted by Crippen LogP contribution is -2.48. The molecule has 1 aliphatic rings. The van der Waals surface area contributed by atoms with Gasteiger partial charge in [0.1, 0.15) is 18.2 Å². The molecule has 2 aromatic rings. The lowest BCUT2D eigenvalue weighted by molar-refractivity contribution is 0.0880. The first kappa shape index (κ1) is 18.1. The Bertz CT molecular complexity index is 866. The summed E-state index contributed by atoms with van der Waals surface area (Å²) in [6.45, 7) is 5.94. The molecular weight excluding hydrogens is 350 g/mol. The molecule has 1 aliphatic heterocycles. The van der Waals surface area contributed by atoms with Crippen molar-refractivity contribution in [1.29, 1.82) is 0 Å². The molecule has 1 aromatic carbocycles. The topological polar surface area (TPSA) is 102 Å². The average Bonchev–Trinajstić information content (AvgIpc) is 2.60. The van der Waals surface area contributed by atoms with Crippen LogP contribution in [0.25, 0.3) is 0 Å². The summed E-state index contributed by atoms with van der Waals surface area (Å²) in [5.74, 6) is 0.875. The van der Waals surface area contributed by atoms with Gasteiger partial charge in [-0.2, -0.15) is 4.40 Å². The van der Waals surface area contributed by atoms with E-state index in [4.69, 9.17) is 10.5 Å². The quantitative estimate of drug-likeness (QED) is 0.699. The third-order valence-corrected chi connectivity index (χ3v) is 4.49. The Morgan fingerprint density at radius 3 is 2.96 bits per heavy atom. The molecule has 136 valence electrons. The maximum atomic E-state index is 12.5. The first-order chi connectivity index (χ1) is 12.4. The number of anilines is 1. The van der Waals surface area contributed by atoms with Gasteiger partial charge >= 0.3 is 0 Å². The molecule has 0 unspecified atom stereocenters. The molecule has 0 radical (unpaired) electrons. The minimum Gasteiger partial charge on any atom is -0.490 e. The number of amidine groups is 1. The molecule has 0 saturated carbocycles. The van der Waals surface area contributed by atoms with Crippen LogP contribution in [-0.4, -0.2) is 28.9 Å². The number of amides is 1. The number of aryl methyl sites for hydroxylation is 1. The molecule has 8 heteroatoms. The lowest BCUT2D eigenvalue weighted by Gasteiger charge is -2.28. The number of benzene rings is 1. The molecule has 0 spiro atoms. The first-order valence-corrected chi connectivity index (χ1v) is 8.89. The van der Waals surface area contributed by atoms with Crippen molar-refractivity contribution in [2.75, 3.05) is 11.3 Å². The van der Waals surface area contributed by atoms with Gasteiger partial charge in [-0.05, 0) is 44.5 Å². The van der Waals surface area contributed by atoms with Gasteiger partial charge in [0.25, 0.3) is 5.91 Å². The first-order valence-electron chi connectivity index (χ1n) is 8.12. The van der Waals surface area contributed by atoms with Gasteiger partial charge in [0.2, 0.25) is 0 Å². The summed E-state index contributed by atoms with van der Waals surface area (Å²) in [4.78, 5) is 16.5. The minimum atomic E-state index is -0.585. The fraction of sp³-hybridized carbons (Fsp3) is 0.278. The van der Waals surface area contributed by atoms with Crippen LogP contribution >= 0.6 is 12.1 Å². The number of nitrogens with two attached hydrogens (primary N) is 1. The fourth-order valence-electron chi connectivity index (χ4n) is 2.56. The van der Waals surface area contributed by atoms with Crippen molar-refractivity contribution in [1.82, 2.24) is 10.3 Å². The van der Waals surface area contributed by atoms with Gasteiger partial charge in [0, 0.05) is 18.0 Å². The predicted molar refractivity (Wildman–Crippen MR) is 104 cm³/mol. The number of aromatic nitrogens is 1. The maximum absolute atomic E-state index is 12.5. The maximum Gasteiger partial charge on any atom is 0.252 e. The zero-order chi connectivity index (χ0) is 18.7. The highest BCUT2D eigenvalue weighted by Gasteiger charge is 2.25.